The molecule has 8 nitrogen and oxygen atoms in total. The first kappa shape index (κ1) is 20.3. The normalized spacial score (nSPS) is 16.7. The molecule has 1 aromatic carbocycles. The Morgan fingerprint density at radius 2 is 1.93 bits per heavy atom. The van der Waals surface area contributed by atoms with Crippen LogP contribution in [-0.4, -0.2) is 48.3 Å². The average molecular weight is 451 g/mol. The van der Waals surface area contributed by atoms with Crippen molar-refractivity contribution in [2.24, 2.45) is 0 Å². The lowest BCUT2D eigenvalue weighted by Crippen LogP contribution is -2.55. The summed E-state index contributed by atoms with van der Waals surface area (Å²) in [5.74, 6) is 0.347. The number of hydrogen-bond donors (Lipinski definition) is 3. The molecule has 1 fully saturated rings. The van der Waals surface area contributed by atoms with Crippen LogP contribution in [0.25, 0.3) is 11.3 Å². The number of methoxy groups -OCH3 is 2. The Labute approximate surface area is 171 Å². The van der Waals surface area contributed by atoms with Gasteiger partial charge >= 0.3 is 6.09 Å². The summed E-state index contributed by atoms with van der Waals surface area (Å²) in [6.07, 6.45) is 2.07. The minimum atomic E-state index is -0.879. The van der Waals surface area contributed by atoms with Crippen molar-refractivity contribution in [2.45, 2.75) is 37.5 Å². The fourth-order valence-corrected chi connectivity index (χ4v) is 3.18. The van der Waals surface area contributed by atoms with E-state index >= 15 is 0 Å². The minimum absolute atomic E-state index is 0.348. The fourth-order valence-electron chi connectivity index (χ4n) is 2.92. The summed E-state index contributed by atoms with van der Waals surface area (Å²) in [5.41, 5.74) is 1.31. The second-order valence-corrected chi connectivity index (χ2v) is 7.69. The van der Waals surface area contributed by atoms with E-state index in [9.17, 15) is 9.59 Å². The van der Waals surface area contributed by atoms with Gasteiger partial charge in [-0.1, -0.05) is 28.1 Å². The van der Waals surface area contributed by atoms with E-state index in [1.165, 1.54) is 14.2 Å². The molecule has 0 saturated heterocycles. The van der Waals surface area contributed by atoms with Crippen molar-refractivity contribution in [1.82, 2.24) is 20.6 Å². The number of carbonyl (C=O) groups is 2. The molecule has 0 radical (unpaired) electrons. The largest absolute Gasteiger partial charge is 0.453 e. The van der Waals surface area contributed by atoms with Crippen molar-refractivity contribution in [3.8, 4) is 11.3 Å². The Bertz CT molecular complexity index is 848. The van der Waals surface area contributed by atoms with Gasteiger partial charge in [-0.2, -0.15) is 0 Å². The Morgan fingerprint density at radius 3 is 2.50 bits per heavy atom. The molecule has 2 aromatic rings. The highest BCUT2D eigenvalue weighted by Crippen LogP contribution is 2.44. The summed E-state index contributed by atoms with van der Waals surface area (Å²) in [6.45, 7) is 1.71. The average Bonchev–Trinajstić information content (AvgIpc) is 3.29. The van der Waals surface area contributed by atoms with Crippen LogP contribution < -0.4 is 10.6 Å². The lowest BCUT2D eigenvalue weighted by Gasteiger charge is -2.25. The highest BCUT2D eigenvalue weighted by molar-refractivity contribution is 9.10. The van der Waals surface area contributed by atoms with Crippen LogP contribution in [0.15, 0.2) is 34.9 Å². The van der Waals surface area contributed by atoms with Gasteiger partial charge < -0.3 is 25.1 Å². The van der Waals surface area contributed by atoms with Crippen LogP contribution >= 0.6 is 15.9 Å². The first-order chi connectivity index (χ1) is 13.4. The molecule has 1 aliphatic rings. The van der Waals surface area contributed by atoms with Crippen molar-refractivity contribution < 1.29 is 19.1 Å². The molecule has 0 aliphatic heterocycles. The summed E-state index contributed by atoms with van der Waals surface area (Å²) < 4.78 is 10.8. The molecule has 0 spiro atoms. The maximum absolute atomic E-state index is 12.8. The molecule has 28 heavy (non-hydrogen) atoms. The topological polar surface area (TPSA) is 105 Å². The fraction of sp³-hybridized carbons (Fsp3) is 0.421. The van der Waals surface area contributed by atoms with Crippen LogP contribution in [-0.2, 0) is 19.8 Å². The van der Waals surface area contributed by atoms with Gasteiger partial charge in [0.1, 0.15) is 11.9 Å². The van der Waals surface area contributed by atoms with E-state index in [4.69, 9.17) is 4.74 Å². The first-order valence-electron chi connectivity index (χ1n) is 8.89. The molecule has 2 amide bonds. The summed E-state index contributed by atoms with van der Waals surface area (Å²) in [6, 6.07) is 7.00. The van der Waals surface area contributed by atoms with Gasteiger partial charge in [0.15, 0.2) is 0 Å². The van der Waals surface area contributed by atoms with Gasteiger partial charge in [-0.15, -0.1) is 0 Å². The summed E-state index contributed by atoms with van der Waals surface area (Å²) in [4.78, 5) is 32.2. The molecule has 1 aromatic heterocycles. The minimum Gasteiger partial charge on any atom is -0.453 e. The van der Waals surface area contributed by atoms with E-state index in [1.54, 1.807) is 13.1 Å². The monoisotopic (exact) mass is 450 g/mol. The van der Waals surface area contributed by atoms with E-state index in [0.29, 0.717) is 5.82 Å². The summed E-state index contributed by atoms with van der Waals surface area (Å²) in [7, 11) is 2.73. The van der Waals surface area contributed by atoms with Crippen molar-refractivity contribution in [1.29, 1.82) is 0 Å². The third-order valence-corrected chi connectivity index (χ3v) is 5.41. The van der Waals surface area contributed by atoms with E-state index in [-0.39, 0.29) is 5.91 Å². The number of nitrogens with zero attached hydrogens (tertiary/aromatic N) is 1. The molecule has 3 N–H and O–H groups in total. The maximum atomic E-state index is 12.8. The third-order valence-electron chi connectivity index (χ3n) is 4.88. The molecular weight excluding hydrogens is 428 g/mol. The smallest absolute Gasteiger partial charge is 0.407 e. The quantitative estimate of drug-likeness (QED) is 0.601. The van der Waals surface area contributed by atoms with Gasteiger partial charge in [-0.25, -0.2) is 9.78 Å². The van der Waals surface area contributed by atoms with Crippen LogP contribution in [0.4, 0.5) is 4.79 Å². The maximum Gasteiger partial charge on any atom is 0.407 e. The Hall–Kier alpha value is -2.39. The third kappa shape index (κ3) is 4.36. The number of imidazole rings is 1. The Morgan fingerprint density at radius 1 is 1.25 bits per heavy atom. The van der Waals surface area contributed by atoms with Gasteiger partial charge in [-0.05, 0) is 37.5 Å². The van der Waals surface area contributed by atoms with Crippen LogP contribution in [0.1, 0.15) is 25.6 Å². The van der Waals surface area contributed by atoms with E-state index in [0.717, 1.165) is 28.6 Å². The van der Waals surface area contributed by atoms with Gasteiger partial charge in [0.25, 0.3) is 0 Å². The van der Waals surface area contributed by atoms with Crippen LogP contribution in [0.3, 0.4) is 0 Å². The molecule has 1 saturated carbocycles. The van der Waals surface area contributed by atoms with Crippen molar-refractivity contribution in [3.63, 3.8) is 0 Å². The lowest BCUT2D eigenvalue weighted by molar-refractivity contribution is -0.127. The SMILES string of the molecule is COC(=O)N[C@H](C(=O)NC1(c2ncc(-c3ccc(Br)cc3)[nH]2)CC1)[C@@H](C)OC. The zero-order valence-electron chi connectivity index (χ0n) is 15.9. The van der Waals surface area contributed by atoms with Crippen LogP contribution in [0.2, 0.25) is 0 Å². The predicted octanol–water partition coefficient (Wildman–Crippen LogP) is 2.70. The first-order valence-corrected chi connectivity index (χ1v) is 9.68. The Kier molecular flexibility index (Phi) is 6.04. The number of hydrogen-bond acceptors (Lipinski definition) is 5. The standard InChI is InChI=1S/C19H23BrN4O4/c1-11(27-2)15(23-18(26)28-3)16(25)24-19(8-9-19)17-21-10-14(22-17)12-4-6-13(20)7-5-12/h4-7,10-11,15H,8-9H2,1-3H3,(H,21,22)(H,23,26)(H,24,25)/t11-,15+/m1/s1. The molecule has 3 rings (SSSR count). The lowest BCUT2D eigenvalue weighted by atomic mass is 10.1. The predicted molar refractivity (Wildman–Crippen MR) is 107 cm³/mol. The van der Waals surface area contributed by atoms with E-state index in [1.807, 2.05) is 24.3 Å². The number of amides is 2. The van der Waals surface area contributed by atoms with E-state index in [2.05, 4.69) is 41.3 Å². The zero-order valence-corrected chi connectivity index (χ0v) is 17.5. The molecule has 1 aliphatic carbocycles. The number of rotatable bonds is 7. The number of halogens is 1. The molecule has 2 atom stereocenters. The van der Waals surface area contributed by atoms with Gasteiger partial charge in [0.2, 0.25) is 5.91 Å². The molecule has 0 unspecified atom stereocenters. The van der Waals surface area contributed by atoms with Gasteiger partial charge in [-0.3, -0.25) is 4.79 Å². The number of alkyl carbamates (subject to hydrolysis) is 1. The Balaban J connectivity index is 1.75. The van der Waals surface area contributed by atoms with Gasteiger partial charge in [0.05, 0.1) is 30.6 Å². The molecule has 0 bridgehead atoms. The molecular formula is C19H23BrN4O4. The molecule has 150 valence electrons. The van der Waals surface area contributed by atoms with Crippen molar-refractivity contribution in [3.05, 3.63) is 40.8 Å². The summed E-state index contributed by atoms with van der Waals surface area (Å²) >= 11 is 3.42. The van der Waals surface area contributed by atoms with Gasteiger partial charge in [0, 0.05) is 11.6 Å². The highest BCUT2D eigenvalue weighted by atomic mass is 79.9. The number of aromatic nitrogens is 2. The van der Waals surface area contributed by atoms with E-state index < -0.39 is 23.8 Å². The second-order valence-electron chi connectivity index (χ2n) is 6.78. The number of benzene rings is 1. The highest BCUT2D eigenvalue weighted by Gasteiger charge is 2.49. The molecule has 9 heteroatoms. The van der Waals surface area contributed by atoms with Crippen molar-refractivity contribution in [2.75, 3.05) is 14.2 Å². The van der Waals surface area contributed by atoms with Crippen LogP contribution in [0.5, 0.6) is 0 Å². The number of H-pyrrole nitrogens is 1. The number of nitrogens with one attached hydrogen (secondary N) is 3. The van der Waals surface area contributed by atoms with Crippen LogP contribution in [0, 0.1) is 0 Å². The molecule has 1 heterocycles. The summed E-state index contributed by atoms with van der Waals surface area (Å²) in [5, 5.41) is 5.53. The number of aromatic amines is 1. The van der Waals surface area contributed by atoms with Crippen molar-refractivity contribution >= 4 is 27.9 Å². The zero-order chi connectivity index (χ0) is 20.3. The number of carbonyl (C=O) groups excluding carboxylic acids is 2. The number of ether oxygens (including phenoxy) is 2. The second kappa shape index (κ2) is 8.32.